The number of nitrogens with zero attached hydrogens (tertiary/aromatic N) is 3. The van der Waals surface area contributed by atoms with Gasteiger partial charge in [-0.1, -0.05) is 18.2 Å². The fourth-order valence-electron chi connectivity index (χ4n) is 3.61. The lowest BCUT2D eigenvalue weighted by Crippen LogP contribution is -2.38. The number of amides is 1. The molecule has 1 aromatic carbocycles. The van der Waals surface area contributed by atoms with Gasteiger partial charge in [-0.05, 0) is 54.5 Å². The Morgan fingerprint density at radius 3 is 2.88 bits per heavy atom. The van der Waals surface area contributed by atoms with Crippen LogP contribution in [0.3, 0.4) is 0 Å². The van der Waals surface area contributed by atoms with Crippen LogP contribution in [0.15, 0.2) is 47.8 Å². The molecule has 1 aliphatic rings. The van der Waals surface area contributed by atoms with Gasteiger partial charge in [-0.25, -0.2) is 4.39 Å². The van der Waals surface area contributed by atoms with Gasteiger partial charge in [0.05, 0.1) is 16.6 Å². The van der Waals surface area contributed by atoms with E-state index in [1.54, 1.807) is 22.1 Å². The summed E-state index contributed by atoms with van der Waals surface area (Å²) >= 11 is 1.62. The van der Waals surface area contributed by atoms with Crippen molar-refractivity contribution in [3.8, 4) is 10.6 Å². The highest BCUT2D eigenvalue weighted by Crippen LogP contribution is 2.33. The highest BCUT2D eigenvalue weighted by atomic mass is 32.1. The fourth-order valence-corrected chi connectivity index (χ4v) is 4.38. The number of piperidine rings is 1. The summed E-state index contributed by atoms with van der Waals surface area (Å²) in [7, 11) is 1.85. The Bertz CT molecular complexity index is 919. The highest BCUT2D eigenvalue weighted by Gasteiger charge is 2.30. The van der Waals surface area contributed by atoms with Crippen molar-refractivity contribution < 1.29 is 9.18 Å². The molecule has 0 unspecified atom stereocenters. The molecule has 6 heteroatoms. The van der Waals surface area contributed by atoms with E-state index in [9.17, 15) is 9.18 Å². The van der Waals surface area contributed by atoms with Crippen molar-refractivity contribution in [3.63, 3.8) is 0 Å². The van der Waals surface area contributed by atoms with Crippen molar-refractivity contribution in [2.24, 2.45) is 7.05 Å². The maximum Gasteiger partial charge on any atom is 0.274 e. The average Bonchev–Trinajstić information content (AvgIpc) is 3.30. The van der Waals surface area contributed by atoms with E-state index in [0.717, 1.165) is 35.4 Å². The summed E-state index contributed by atoms with van der Waals surface area (Å²) in [5, 5.41) is 6.45. The summed E-state index contributed by atoms with van der Waals surface area (Å²) in [6, 6.07) is 12.3. The molecule has 2 aromatic heterocycles. The molecule has 1 atom stereocenters. The molecular formula is C20H20FN3OS. The van der Waals surface area contributed by atoms with Gasteiger partial charge in [0, 0.05) is 13.6 Å². The molecular weight excluding hydrogens is 349 g/mol. The molecule has 1 aliphatic heterocycles. The predicted molar refractivity (Wildman–Crippen MR) is 101 cm³/mol. The van der Waals surface area contributed by atoms with E-state index < -0.39 is 0 Å². The van der Waals surface area contributed by atoms with E-state index in [4.69, 9.17) is 0 Å². The summed E-state index contributed by atoms with van der Waals surface area (Å²) in [6.07, 6.45) is 2.84. The molecule has 3 aromatic rings. The molecule has 1 fully saturated rings. The van der Waals surface area contributed by atoms with Gasteiger partial charge in [0.1, 0.15) is 5.82 Å². The summed E-state index contributed by atoms with van der Waals surface area (Å²) in [4.78, 5) is 16.1. The van der Waals surface area contributed by atoms with Gasteiger partial charge in [-0.3, -0.25) is 9.48 Å². The number of carbonyl (C=O) groups is 1. The van der Waals surface area contributed by atoms with Gasteiger partial charge >= 0.3 is 0 Å². The number of thiophene rings is 1. The summed E-state index contributed by atoms with van der Waals surface area (Å²) in [5.74, 6) is -0.351. The van der Waals surface area contributed by atoms with Crippen molar-refractivity contribution in [1.82, 2.24) is 14.7 Å². The fraction of sp³-hybridized carbons (Fsp3) is 0.300. The molecule has 1 amide bonds. The first-order chi connectivity index (χ1) is 12.6. The number of carbonyl (C=O) groups excluding carboxylic acids is 1. The largest absolute Gasteiger partial charge is 0.330 e. The third kappa shape index (κ3) is 3.17. The number of aromatic nitrogens is 2. The lowest BCUT2D eigenvalue weighted by atomic mass is 9.95. The van der Waals surface area contributed by atoms with Gasteiger partial charge in [-0.15, -0.1) is 11.3 Å². The number of aryl methyl sites for hydroxylation is 1. The van der Waals surface area contributed by atoms with Gasteiger partial charge in [0.15, 0.2) is 5.69 Å². The van der Waals surface area contributed by atoms with E-state index in [0.29, 0.717) is 12.2 Å². The number of hydrogen-bond acceptors (Lipinski definition) is 3. The number of benzene rings is 1. The Morgan fingerprint density at radius 2 is 2.12 bits per heavy atom. The van der Waals surface area contributed by atoms with Gasteiger partial charge in [0.2, 0.25) is 0 Å². The first-order valence-corrected chi connectivity index (χ1v) is 9.66. The lowest BCUT2D eigenvalue weighted by Gasteiger charge is -2.35. The Hall–Kier alpha value is -2.47. The summed E-state index contributed by atoms with van der Waals surface area (Å²) < 4.78 is 15.4. The number of halogens is 1. The minimum atomic E-state index is -0.265. The first-order valence-electron chi connectivity index (χ1n) is 8.78. The molecule has 0 spiro atoms. The number of hydrogen-bond donors (Lipinski definition) is 0. The van der Waals surface area contributed by atoms with Crippen LogP contribution >= 0.6 is 11.3 Å². The summed E-state index contributed by atoms with van der Waals surface area (Å²) in [5.41, 5.74) is 2.23. The van der Waals surface area contributed by atoms with Gasteiger partial charge in [-0.2, -0.15) is 5.10 Å². The van der Waals surface area contributed by atoms with E-state index >= 15 is 0 Å². The highest BCUT2D eigenvalue weighted by molar-refractivity contribution is 7.13. The Morgan fingerprint density at radius 1 is 1.23 bits per heavy atom. The van der Waals surface area contributed by atoms with Crippen LogP contribution < -0.4 is 0 Å². The van der Waals surface area contributed by atoms with Crippen LogP contribution in [0.25, 0.3) is 10.6 Å². The number of likely N-dealkylation sites (tertiary alicyclic amines) is 1. The molecule has 0 bridgehead atoms. The zero-order valence-corrected chi connectivity index (χ0v) is 15.4. The second-order valence-electron chi connectivity index (χ2n) is 6.58. The van der Waals surface area contributed by atoms with Crippen molar-refractivity contribution in [3.05, 3.63) is 64.9 Å². The molecule has 0 radical (unpaired) electrons. The molecule has 1 saturated heterocycles. The van der Waals surface area contributed by atoms with Gasteiger partial charge < -0.3 is 4.90 Å². The molecule has 0 saturated carbocycles. The molecule has 4 nitrogen and oxygen atoms in total. The Labute approximate surface area is 155 Å². The predicted octanol–water partition coefficient (Wildman–Crippen LogP) is 4.66. The van der Waals surface area contributed by atoms with Crippen LogP contribution in [0.1, 0.15) is 41.4 Å². The monoisotopic (exact) mass is 369 g/mol. The normalized spacial score (nSPS) is 17.5. The Balaban J connectivity index is 1.65. The van der Waals surface area contributed by atoms with Crippen LogP contribution in [0.4, 0.5) is 4.39 Å². The molecule has 0 aliphatic carbocycles. The zero-order valence-electron chi connectivity index (χ0n) is 14.6. The minimum Gasteiger partial charge on any atom is -0.330 e. The van der Waals surface area contributed by atoms with E-state index in [2.05, 4.69) is 5.10 Å². The standard InChI is InChI=1S/C20H20FN3OS/c1-23-18(19-9-5-11-26-19)13-16(22-23)20(25)24-10-3-2-8-17(24)14-6-4-7-15(21)12-14/h4-7,9,11-13,17H,2-3,8,10H2,1H3/t17-/m0/s1. The minimum absolute atomic E-state index is 0.0858. The van der Waals surface area contributed by atoms with Crippen LogP contribution in [-0.2, 0) is 7.05 Å². The number of rotatable bonds is 3. The smallest absolute Gasteiger partial charge is 0.274 e. The second kappa shape index (κ2) is 7.03. The van der Waals surface area contributed by atoms with Gasteiger partial charge in [0.25, 0.3) is 5.91 Å². The Kier molecular flexibility index (Phi) is 4.59. The quantitative estimate of drug-likeness (QED) is 0.674. The lowest BCUT2D eigenvalue weighted by molar-refractivity contribution is 0.0604. The van der Waals surface area contributed by atoms with Crippen molar-refractivity contribution in [2.75, 3.05) is 6.54 Å². The van der Waals surface area contributed by atoms with Crippen molar-refractivity contribution in [1.29, 1.82) is 0 Å². The third-order valence-corrected chi connectivity index (χ3v) is 5.76. The zero-order chi connectivity index (χ0) is 18.1. The SMILES string of the molecule is Cn1nc(C(=O)N2CCCC[C@H]2c2cccc(F)c2)cc1-c1cccs1. The van der Waals surface area contributed by atoms with Crippen LogP contribution in [0, 0.1) is 5.82 Å². The van der Waals surface area contributed by atoms with E-state index in [1.165, 1.54) is 12.1 Å². The topological polar surface area (TPSA) is 38.1 Å². The van der Waals surface area contributed by atoms with Crippen LogP contribution in [-0.4, -0.2) is 27.1 Å². The molecule has 134 valence electrons. The van der Waals surface area contributed by atoms with E-state index in [1.807, 2.05) is 41.6 Å². The summed E-state index contributed by atoms with van der Waals surface area (Å²) in [6.45, 7) is 0.672. The van der Waals surface area contributed by atoms with Crippen LogP contribution in [0.2, 0.25) is 0 Å². The third-order valence-electron chi connectivity index (χ3n) is 4.87. The molecule has 4 rings (SSSR count). The van der Waals surface area contributed by atoms with Crippen molar-refractivity contribution >= 4 is 17.2 Å². The first kappa shape index (κ1) is 17.0. The maximum absolute atomic E-state index is 13.7. The van der Waals surface area contributed by atoms with E-state index in [-0.39, 0.29) is 17.8 Å². The second-order valence-corrected chi connectivity index (χ2v) is 7.53. The van der Waals surface area contributed by atoms with Crippen LogP contribution in [0.5, 0.6) is 0 Å². The average molecular weight is 369 g/mol. The maximum atomic E-state index is 13.7. The van der Waals surface area contributed by atoms with Crippen molar-refractivity contribution in [2.45, 2.75) is 25.3 Å². The molecule has 3 heterocycles. The molecule has 0 N–H and O–H groups in total. The molecule has 26 heavy (non-hydrogen) atoms.